The first-order valence-corrected chi connectivity index (χ1v) is 6.91. The van der Waals surface area contributed by atoms with Gasteiger partial charge >= 0.3 is 0 Å². The number of nitrogens with one attached hydrogen (secondary N) is 1. The third kappa shape index (κ3) is 3.07. The summed E-state index contributed by atoms with van der Waals surface area (Å²) in [6, 6.07) is 7.44. The lowest BCUT2D eigenvalue weighted by molar-refractivity contribution is -0.0300. The molecule has 1 aliphatic carbocycles. The predicted molar refractivity (Wildman–Crippen MR) is 70.2 cm³/mol. The third-order valence-electron chi connectivity index (χ3n) is 3.23. The zero-order chi connectivity index (χ0) is 12.3. The minimum absolute atomic E-state index is 0.119. The Morgan fingerprint density at radius 1 is 1.35 bits per heavy atom. The van der Waals surface area contributed by atoms with E-state index in [0.29, 0.717) is 12.1 Å². The van der Waals surface area contributed by atoms with Crippen LogP contribution >= 0.6 is 15.9 Å². The topological polar surface area (TPSA) is 49.3 Å². The summed E-state index contributed by atoms with van der Waals surface area (Å²) in [6.07, 6.45) is 2.62. The number of amides is 1. The summed E-state index contributed by atoms with van der Waals surface area (Å²) in [5.41, 5.74) is 1.11. The molecule has 92 valence electrons. The summed E-state index contributed by atoms with van der Waals surface area (Å²) in [5, 5.41) is 13.4. The molecule has 1 aliphatic rings. The van der Waals surface area contributed by atoms with Gasteiger partial charge in [-0.2, -0.15) is 0 Å². The van der Waals surface area contributed by atoms with Gasteiger partial charge in [0.2, 0.25) is 0 Å². The van der Waals surface area contributed by atoms with Gasteiger partial charge in [0.25, 0.3) is 5.91 Å². The minimum Gasteiger partial charge on any atom is -0.388 e. The number of benzene rings is 1. The van der Waals surface area contributed by atoms with Gasteiger partial charge in [0.05, 0.1) is 5.60 Å². The SMILES string of the molecule is O=C(NCC1(O)CCC1)c1ccc(CBr)cc1. The van der Waals surface area contributed by atoms with E-state index in [1.807, 2.05) is 12.1 Å². The molecule has 1 fully saturated rings. The molecule has 1 amide bonds. The first-order chi connectivity index (χ1) is 8.13. The Balaban J connectivity index is 1.90. The van der Waals surface area contributed by atoms with E-state index in [9.17, 15) is 9.90 Å². The normalized spacial score (nSPS) is 17.3. The van der Waals surface area contributed by atoms with E-state index in [0.717, 1.165) is 30.2 Å². The van der Waals surface area contributed by atoms with Crippen LogP contribution < -0.4 is 5.32 Å². The predicted octanol–water partition coefficient (Wildman–Crippen LogP) is 2.23. The molecule has 0 radical (unpaired) electrons. The highest BCUT2D eigenvalue weighted by atomic mass is 79.9. The Morgan fingerprint density at radius 2 is 2.00 bits per heavy atom. The molecule has 0 aliphatic heterocycles. The summed E-state index contributed by atoms with van der Waals surface area (Å²) in [4.78, 5) is 11.8. The molecule has 3 nitrogen and oxygen atoms in total. The largest absolute Gasteiger partial charge is 0.388 e. The molecule has 2 rings (SSSR count). The standard InChI is InChI=1S/C13H16BrNO2/c14-8-10-2-4-11(5-3-10)12(16)15-9-13(17)6-1-7-13/h2-5,17H,1,6-9H2,(H,15,16). The van der Waals surface area contributed by atoms with Gasteiger partial charge in [-0.05, 0) is 37.0 Å². The van der Waals surface area contributed by atoms with Crippen LogP contribution in [0.1, 0.15) is 35.2 Å². The van der Waals surface area contributed by atoms with Crippen molar-refractivity contribution in [1.82, 2.24) is 5.32 Å². The number of hydrogen-bond donors (Lipinski definition) is 2. The summed E-state index contributed by atoms with van der Waals surface area (Å²) >= 11 is 3.36. The zero-order valence-electron chi connectivity index (χ0n) is 9.58. The van der Waals surface area contributed by atoms with Crippen LogP contribution in [-0.2, 0) is 5.33 Å². The summed E-state index contributed by atoms with van der Waals surface area (Å²) < 4.78 is 0. The number of halogens is 1. The molecule has 0 aromatic heterocycles. The van der Waals surface area contributed by atoms with Crippen molar-refractivity contribution < 1.29 is 9.90 Å². The van der Waals surface area contributed by atoms with Crippen LogP contribution in [0.5, 0.6) is 0 Å². The second kappa shape index (κ2) is 5.19. The van der Waals surface area contributed by atoms with Gasteiger partial charge in [0.15, 0.2) is 0 Å². The van der Waals surface area contributed by atoms with Crippen LogP contribution in [0.15, 0.2) is 24.3 Å². The molecular formula is C13H16BrNO2. The summed E-state index contributed by atoms with van der Waals surface area (Å²) in [7, 11) is 0. The average Bonchev–Trinajstić information content (AvgIpc) is 2.33. The monoisotopic (exact) mass is 297 g/mol. The van der Waals surface area contributed by atoms with E-state index in [1.165, 1.54) is 0 Å². The quantitative estimate of drug-likeness (QED) is 0.837. The fourth-order valence-electron chi connectivity index (χ4n) is 1.85. The number of aliphatic hydroxyl groups is 1. The van der Waals surface area contributed by atoms with Crippen molar-refractivity contribution in [2.75, 3.05) is 6.54 Å². The van der Waals surface area contributed by atoms with E-state index in [1.54, 1.807) is 12.1 Å². The molecule has 0 atom stereocenters. The van der Waals surface area contributed by atoms with Crippen molar-refractivity contribution in [2.45, 2.75) is 30.2 Å². The molecule has 0 spiro atoms. The van der Waals surface area contributed by atoms with Gasteiger partial charge < -0.3 is 10.4 Å². The van der Waals surface area contributed by atoms with Gasteiger partial charge in [-0.3, -0.25) is 4.79 Å². The second-order valence-corrected chi connectivity index (χ2v) is 5.15. The Kier molecular flexibility index (Phi) is 3.84. The lowest BCUT2D eigenvalue weighted by Crippen LogP contribution is -2.47. The van der Waals surface area contributed by atoms with Crippen LogP contribution in [0.3, 0.4) is 0 Å². The number of alkyl halides is 1. The van der Waals surface area contributed by atoms with Crippen LogP contribution in [0, 0.1) is 0 Å². The number of carbonyl (C=O) groups excluding carboxylic acids is 1. The van der Waals surface area contributed by atoms with E-state index in [4.69, 9.17) is 0 Å². The van der Waals surface area contributed by atoms with E-state index in [-0.39, 0.29) is 5.91 Å². The Morgan fingerprint density at radius 3 is 2.47 bits per heavy atom. The molecule has 0 heterocycles. The summed E-state index contributed by atoms with van der Waals surface area (Å²) in [6.45, 7) is 0.353. The van der Waals surface area contributed by atoms with Crippen LogP contribution in [0.4, 0.5) is 0 Å². The molecule has 0 bridgehead atoms. The maximum absolute atomic E-state index is 11.8. The van der Waals surface area contributed by atoms with Crippen LogP contribution in [0.25, 0.3) is 0 Å². The molecule has 17 heavy (non-hydrogen) atoms. The molecule has 0 unspecified atom stereocenters. The molecular weight excluding hydrogens is 282 g/mol. The average molecular weight is 298 g/mol. The van der Waals surface area contributed by atoms with Crippen molar-refractivity contribution in [3.8, 4) is 0 Å². The van der Waals surface area contributed by atoms with Crippen molar-refractivity contribution in [3.63, 3.8) is 0 Å². The van der Waals surface area contributed by atoms with E-state index in [2.05, 4.69) is 21.2 Å². The highest BCUT2D eigenvalue weighted by Crippen LogP contribution is 2.30. The molecule has 1 saturated carbocycles. The van der Waals surface area contributed by atoms with E-state index < -0.39 is 5.60 Å². The van der Waals surface area contributed by atoms with Crippen LogP contribution in [-0.4, -0.2) is 23.2 Å². The zero-order valence-corrected chi connectivity index (χ0v) is 11.2. The molecule has 0 saturated heterocycles. The van der Waals surface area contributed by atoms with Gasteiger partial charge in [-0.1, -0.05) is 28.1 Å². The highest BCUT2D eigenvalue weighted by Gasteiger charge is 2.34. The molecule has 1 aromatic rings. The Hall–Kier alpha value is -0.870. The highest BCUT2D eigenvalue weighted by molar-refractivity contribution is 9.08. The number of rotatable bonds is 4. The second-order valence-electron chi connectivity index (χ2n) is 4.59. The Bertz CT molecular complexity index is 398. The lowest BCUT2D eigenvalue weighted by Gasteiger charge is -2.36. The van der Waals surface area contributed by atoms with E-state index >= 15 is 0 Å². The number of hydrogen-bond acceptors (Lipinski definition) is 2. The fourth-order valence-corrected chi connectivity index (χ4v) is 2.23. The van der Waals surface area contributed by atoms with Gasteiger partial charge in [0.1, 0.15) is 0 Å². The maximum Gasteiger partial charge on any atom is 0.251 e. The van der Waals surface area contributed by atoms with Gasteiger partial charge in [-0.15, -0.1) is 0 Å². The number of carbonyl (C=O) groups is 1. The third-order valence-corrected chi connectivity index (χ3v) is 3.88. The molecule has 2 N–H and O–H groups in total. The molecule has 1 aromatic carbocycles. The van der Waals surface area contributed by atoms with Gasteiger partial charge in [0, 0.05) is 17.4 Å². The van der Waals surface area contributed by atoms with Crippen molar-refractivity contribution in [2.24, 2.45) is 0 Å². The lowest BCUT2D eigenvalue weighted by atomic mass is 9.80. The maximum atomic E-state index is 11.8. The molecule has 4 heteroatoms. The first kappa shape index (κ1) is 12.6. The van der Waals surface area contributed by atoms with Crippen molar-refractivity contribution in [1.29, 1.82) is 0 Å². The fraction of sp³-hybridized carbons (Fsp3) is 0.462. The summed E-state index contributed by atoms with van der Waals surface area (Å²) in [5.74, 6) is -0.119. The minimum atomic E-state index is -0.661. The Labute approximate surface area is 109 Å². The van der Waals surface area contributed by atoms with Crippen LogP contribution in [0.2, 0.25) is 0 Å². The smallest absolute Gasteiger partial charge is 0.251 e. The van der Waals surface area contributed by atoms with Gasteiger partial charge in [-0.25, -0.2) is 0 Å². The van der Waals surface area contributed by atoms with Crippen molar-refractivity contribution in [3.05, 3.63) is 35.4 Å². The first-order valence-electron chi connectivity index (χ1n) is 5.78. The van der Waals surface area contributed by atoms with Crippen molar-refractivity contribution >= 4 is 21.8 Å².